The minimum atomic E-state index is -2.82. The van der Waals surface area contributed by atoms with Crippen LogP contribution in [0.2, 0.25) is 0 Å². The van der Waals surface area contributed by atoms with Gasteiger partial charge in [0.2, 0.25) is 0 Å². The highest BCUT2D eigenvalue weighted by Gasteiger charge is 2.31. The monoisotopic (exact) mass is 438 g/mol. The van der Waals surface area contributed by atoms with Crippen LogP contribution in [0.1, 0.15) is 11.1 Å². The van der Waals surface area contributed by atoms with Gasteiger partial charge in [0.1, 0.15) is 11.5 Å². The molecule has 0 spiro atoms. The minimum Gasteiger partial charge on any atom is -0.432 e. The molecule has 1 aliphatic rings. The Morgan fingerprint density at radius 1 is 0.548 bits per heavy atom. The van der Waals surface area contributed by atoms with Crippen molar-refractivity contribution in [2.75, 3.05) is 0 Å². The van der Waals surface area contributed by atoms with Crippen LogP contribution in [0.5, 0.6) is 11.5 Å². The van der Waals surface area contributed by atoms with Crippen molar-refractivity contribution in [3.8, 4) is 11.5 Å². The Morgan fingerprint density at radius 2 is 1.03 bits per heavy atom. The molecule has 0 bridgehead atoms. The highest BCUT2D eigenvalue weighted by Crippen LogP contribution is 2.53. The van der Waals surface area contributed by atoms with E-state index in [-0.39, 0.29) is 0 Å². The van der Waals surface area contributed by atoms with Gasteiger partial charge in [-0.1, -0.05) is 78.9 Å². The van der Waals surface area contributed by atoms with E-state index in [2.05, 4.69) is 60.7 Å². The summed E-state index contributed by atoms with van der Waals surface area (Å²) >= 11 is 6.13. The standard InChI is InChI=1S/C27H19O2PS/c31-30(21-10-2-1-3-11-21)28-26-16-14-19-8-4-6-12-22(19)24(26)18-25-23-13-7-5-9-20(23)15-17-27(25)29-30/h1-17H,18H2. The van der Waals surface area contributed by atoms with Crippen molar-refractivity contribution in [2.45, 2.75) is 6.42 Å². The fourth-order valence-corrected chi connectivity index (χ4v) is 6.83. The van der Waals surface area contributed by atoms with Crippen molar-refractivity contribution in [1.29, 1.82) is 0 Å². The maximum absolute atomic E-state index is 6.59. The van der Waals surface area contributed by atoms with E-state index in [1.807, 2.05) is 42.5 Å². The quantitative estimate of drug-likeness (QED) is 0.263. The molecule has 0 amide bonds. The van der Waals surface area contributed by atoms with E-state index < -0.39 is 6.49 Å². The lowest BCUT2D eigenvalue weighted by Gasteiger charge is -2.30. The molecular weight excluding hydrogens is 419 g/mol. The minimum absolute atomic E-state index is 0.720. The van der Waals surface area contributed by atoms with E-state index in [1.165, 1.54) is 21.5 Å². The molecular formula is C27H19O2PS. The van der Waals surface area contributed by atoms with Crippen molar-refractivity contribution in [3.05, 3.63) is 114 Å². The molecule has 0 atom stereocenters. The van der Waals surface area contributed by atoms with Crippen LogP contribution in [-0.4, -0.2) is 0 Å². The van der Waals surface area contributed by atoms with Gasteiger partial charge in [0.15, 0.2) is 0 Å². The summed E-state index contributed by atoms with van der Waals surface area (Å²) in [4.78, 5) is 0. The topological polar surface area (TPSA) is 18.5 Å². The van der Waals surface area contributed by atoms with E-state index in [0.717, 1.165) is 34.4 Å². The lowest BCUT2D eigenvalue weighted by Crippen LogP contribution is -2.17. The summed E-state index contributed by atoms with van der Waals surface area (Å²) in [5.74, 6) is 1.62. The van der Waals surface area contributed by atoms with Crippen LogP contribution in [-0.2, 0) is 18.2 Å². The van der Waals surface area contributed by atoms with Crippen molar-refractivity contribution >= 4 is 45.1 Å². The van der Waals surface area contributed by atoms with E-state index in [4.69, 9.17) is 20.9 Å². The maximum atomic E-state index is 6.59. The van der Waals surface area contributed by atoms with Crippen LogP contribution in [0.15, 0.2) is 103 Å². The molecule has 1 aliphatic heterocycles. The molecule has 5 aromatic rings. The first-order chi connectivity index (χ1) is 15.2. The molecule has 0 fully saturated rings. The van der Waals surface area contributed by atoms with Gasteiger partial charge in [0, 0.05) is 17.5 Å². The molecule has 0 saturated heterocycles. The molecule has 31 heavy (non-hydrogen) atoms. The Labute approximate surface area is 186 Å². The van der Waals surface area contributed by atoms with Crippen LogP contribution in [0.25, 0.3) is 21.5 Å². The Kier molecular flexibility index (Phi) is 4.34. The average molecular weight is 438 g/mol. The summed E-state index contributed by atoms with van der Waals surface area (Å²) < 4.78 is 13.2. The Bertz CT molecular complexity index is 1400. The molecule has 0 unspecified atom stereocenters. The normalized spacial score (nSPS) is 14.6. The average Bonchev–Trinajstić information content (AvgIpc) is 2.81. The second kappa shape index (κ2) is 7.23. The van der Waals surface area contributed by atoms with Gasteiger partial charge in [-0.05, 0) is 57.6 Å². The fourth-order valence-electron chi connectivity index (χ4n) is 4.34. The predicted molar refractivity (Wildman–Crippen MR) is 132 cm³/mol. The van der Waals surface area contributed by atoms with Gasteiger partial charge in [-0.25, -0.2) is 0 Å². The number of hydrogen-bond donors (Lipinski definition) is 0. The van der Waals surface area contributed by atoms with E-state index in [9.17, 15) is 0 Å². The molecule has 0 aliphatic carbocycles. The molecule has 0 radical (unpaired) electrons. The van der Waals surface area contributed by atoms with Gasteiger partial charge < -0.3 is 9.05 Å². The second-order valence-electron chi connectivity index (χ2n) is 7.72. The Morgan fingerprint density at radius 3 is 1.58 bits per heavy atom. The SMILES string of the molecule is S=P1(c2ccccc2)Oc2ccc3ccccc3c2Cc2c(ccc3ccccc23)O1. The molecule has 150 valence electrons. The Hall–Kier alpha value is -3.13. The van der Waals surface area contributed by atoms with Crippen molar-refractivity contribution in [3.63, 3.8) is 0 Å². The first kappa shape index (κ1) is 18.6. The van der Waals surface area contributed by atoms with Gasteiger partial charge in [0.05, 0.1) is 5.30 Å². The zero-order valence-corrected chi connectivity index (χ0v) is 18.4. The molecule has 2 nitrogen and oxygen atoms in total. The highest BCUT2D eigenvalue weighted by molar-refractivity contribution is 8.13. The van der Waals surface area contributed by atoms with Crippen LogP contribution in [0.4, 0.5) is 0 Å². The van der Waals surface area contributed by atoms with E-state index in [1.54, 1.807) is 0 Å². The third kappa shape index (κ3) is 3.13. The number of rotatable bonds is 1. The van der Waals surface area contributed by atoms with Crippen LogP contribution < -0.4 is 14.4 Å². The van der Waals surface area contributed by atoms with Gasteiger partial charge in [-0.2, -0.15) is 0 Å². The van der Waals surface area contributed by atoms with Gasteiger partial charge in [-0.15, -0.1) is 0 Å². The molecule has 0 N–H and O–H groups in total. The summed E-state index contributed by atoms with van der Waals surface area (Å²) in [7, 11) is 0. The largest absolute Gasteiger partial charge is 0.432 e. The number of hydrogen-bond acceptors (Lipinski definition) is 3. The van der Waals surface area contributed by atoms with Crippen molar-refractivity contribution < 1.29 is 9.05 Å². The maximum Gasteiger partial charge on any atom is 0.319 e. The van der Waals surface area contributed by atoms with Crippen molar-refractivity contribution in [1.82, 2.24) is 0 Å². The smallest absolute Gasteiger partial charge is 0.319 e. The Balaban J connectivity index is 1.68. The molecule has 4 heteroatoms. The summed E-state index contributed by atoms with van der Waals surface area (Å²) in [6.07, 6.45) is 0.720. The van der Waals surface area contributed by atoms with E-state index >= 15 is 0 Å². The molecule has 5 aromatic carbocycles. The van der Waals surface area contributed by atoms with Gasteiger partial charge in [-0.3, -0.25) is 0 Å². The lowest BCUT2D eigenvalue weighted by molar-refractivity contribution is 0.487. The first-order valence-corrected chi connectivity index (χ1v) is 12.9. The van der Waals surface area contributed by atoms with Crippen LogP contribution >= 0.6 is 6.49 Å². The molecule has 0 saturated carbocycles. The summed E-state index contributed by atoms with van der Waals surface area (Å²) in [5, 5.41) is 5.68. The molecule has 1 heterocycles. The predicted octanol–water partition coefficient (Wildman–Crippen LogP) is 6.99. The zero-order chi connectivity index (χ0) is 20.8. The summed E-state index contributed by atoms with van der Waals surface area (Å²) in [5.41, 5.74) is 2.31. The molecule has 6 rings (SSSR count). The van der Waals surface area contributed by atoms with Gasteiger partial charge >= 0.3 is 6.49 Å². The first-order valence-electron chi connectivity index (χ1n) is 10.3. The van der Waals surface area contributed by atoms with Crippen LogP contribution in [0.3, 0.4) is 0 Å². The highest BCUT2D eigenvalue weighted by atomic mass is 32.5. The lowest BCUT2D eigenvalue weighted by atomic mass is 9.93. The van der Waals surface area contributed by atoms with E-state index in [0.29, 0.717) is 0 Å². The number of benzene rings is 5. The zero-order valence-electron chi connectivity index (χ0n) is 16.7. The molecule has 0 aromatic heterocycles. The number of fused-ring (bicyclic) bond motifs is 6. The third-order valence-electron chi connectivity index (χ3n) is 5.86. The summed E-state index contributed by atoms with van der Waals surface area (Å²) in [6.45, 7) is -2.82. The van der Waals surface area contributed by atoms with Gasteiger partial charge in [0.25, 0.3) is 0 Å². The summed E-state index contributed by atoms with van der Waals surface area (Å²) in [6, 6.07) is 35.2. The second-order valence-corrected chi connectivity index (χ2v) is 11.0. The third-order valence-corrected chi connectivity index (χ3v) is 8.74. The van der Waals surface area contributed by atoms with Crippen molar-refractivity contribution in [2.24, 2.45) is 0 Å². The van der Waals surface area contributed by atoms with Crippen LogP contribution in [0, 0.1) is 0 Å². The fraction of sp³-hybridized carbons (Fsp3) is 0.0370.